The van der Waals surface area contributed by atoms with Gasteiger partial charge in [-0.25, -0.2) is 8.42 Å². The summed E-state index contributed by atoms with van der Waals surface area (Å²) in [6, 6.07) is 17.0. The highest BCUT2D eigenvalue weighted by atomic mass is 35.5. The van der Waals surface area contributed by atoms with Crippen LogP contribution in [0.25, 0.3) is 0 Å². The van der Waals surface area contributed by atoms with E-state index in [1.165, 1.54) is 12.1 Å². The van der Waals surface area contributed by atoms with E-state index in [0.29, 0.717) is 5.69 Å². The van der Waals surface area contributed by atoms with Gasteiger partial charge in [-0.2, -0.15) is 0 Å². The van der Waals surface area contributed by atoms with E-state index >= 15 is 0 Å². The standard InChI is InChI=1S/C24H25ClN2O3S/c1-16-9-11-20(12-10-16)31(29,30)27(22-8-6-5-7-21(22)25)15-23(28)26-24-18(3)13-17(2)14-19(24)4/h5-14H,15H2,1-4H3,(H,26,28). The molecule has 0 saturated carbocycles. The number of carbonyl (C=O) groups is 1. The largest absolute Gasteiger partial charge is 0.324 e. The van der Waals surface area contributed by atoms with Crippen LogP contribution in [-0.4, -0.2) is 20.9 Å². The Labute approximate surface area is 188 Å². The molecule has 1 amide bonds. The summed E-state index contributed by atoms with van der Waals surface area (Å²) in [4.78, 5) is 13.1. The van der Waals surface area contributed by atoms with Crippen LogP contribution in [0, 0.1) is 27.7 Å². The Morgan fingerprint density at radius 3 is 2.06 bits per heavy atom. The van der Waals surface area contributed by atoms with E-state index in [4.69, 9.17) is 11.6 Å². The van der Waals surface area contributed by atoms with E-state index in [1.807, 2.05) is 39.8 Å². The van der Waals surface area contributed by atoms with Crippen LogP contribution in [0.3, 0.4) is 0 Å². The topological polar surface area (TPSA) is 66.5 Å². The third-order valence-electron chi connectivity index (χ3n) is 4.96. The van der Waals surface area contributed by atoms with Crippen LogP contribution in [0.15, 0.2) is 65.6 Å². The number of amides is 1. The minimum absolute atomic E-state index is 0.0912. The number of halogens is 1. The lowest BCUT2D eigenvalue weighted by atomic mass is 10.1. The molecule has 0 heterocycles. The number of hydrogen-bond acceptors (Lipinski definition) is 3. The van der Waals surface area contributed by atoms with E-state index in [0.717, 1.165) is 26.6 Å². The average Bonchev–Trinajstić information content (AvgIpc) is 2.70. The van der Waals surface area contributed by atoms with Gasteiger partial charge in [-0.15, -0.1) is 0 Å². The molecule has 3 aromatic carbocycles. The quantitative estimate of drug-likeness (QED) is 0.539. The minimum atomic E-state index is -4.02. The molecule has 5 nitrogen and oxygen atoms in total. The van der Waals surface area contributed by atoms with Crippen molar-refractivity contribution in [1.29, 1.82) is 0 Å². The number of carbonyl (C=O) groups excluding carboxylic acids is 1. The molecule has 0 aliphatic carbocycles. The van der Waals surface area contributed by atoms with Crippen molar-refractivity contribution in [3.63, 3.8) is 0 Å². The number of anilines is 2. The van der Waals surface area contributed by atoms with Crippen molar-refractivity contribution in [2.24, 2.45) is 0 Å². The van der Waals surface area contributed by atoms with E-state index in [2.05, 4.69) is 5.32 Å². The number of aryl methyl sites for hydroxylation is 4. The lowest BCUT2D eigenvalue weighted by Crippen LogP contribution is -2.38. The minimum Gasteiger partial charge on any atom is -0.324 e. The van der Waals surface area contributed by atoms with Gasteiger partial charge in [-0.05, 0) is 63.1 Å². The predicted molar refractivity (Wildman–Crippen MR) is 126 cm³/mol. The van der Waals surface area contributed by atoms with Gasteiger partial charge in [0.25, 0.3) is 10.0 Å². The average molecular weight is 457 g/mol. The molecular weight excluding hydrogens is 432 g/mol. The van der Waals surface area contributed by atoms with Crippen molar-refractivity contribution in [3.05, 3.63) is 87.9 Å². The molecule has 0 saturated heterocycles. The second kappa shape index (κ2) is 9.12. The summed E-state index contributed by atoms with van der Waals surface area (Å²) in [5.41, 5.74) is 4.78. The number of rotatable bonds is 6. The molecule has 3 rings (SSSR count). The lowest BCUT2D eigenvalue weighted by Gasteiger charge is -2.25. The van der Waals surface area contributed by atoms with Gasteiger partial charge in [0.1, 0.15) is 6.54 Å². The van der Waals surface area contributed by atoms with E-state index in [-0.39, 0.29) is 15.6 Å². The molecule has 0 radical (unpaired) electrons. The van der Waals surface area contributed by atoms with Crippen LogP contribution < -0.4 is 9.62 Å². The second-order valence-corrected chi connectivity index (χ2v) is 9.87. The monoisotopic (exact) mass is 456 g/mol. The molecule has 31 heavy (non-hydrogen) atoms. The zero-order chi connectivity index (χ0) is 22.8. The summed E-state index contributed by atoms with van der Waals surface area (Å²) in [6.07, 6.45) is 0. The lowest BCUT2D eigenvalue weighted by molar-refractivity contribution is -0.114. The number of sulfonamides is 1. The summed E-state index contributed by atoms with van der Waals surface area (Å²) in [5.74, 6) is -0.453. The number of nitrogens with zero attached hydrogens (tertiary/aromatic N) is 1. The molecule has 1 N–H and O–H groups in total. The van der Waals surface area contributed by atoms with Crippen molar-refractivity contribution in [3.8, 4) is 0 Å². The van der Waals surface area contributed by atoms with Gasteiger partial charge < -0.3 is 5.32 Å². The third-order valence-corrected chi connectivity index (χ3v) is 7.05. The molecular formula is C24H25ClN2O3S. The molecule has 0 aromatic heterocycles. The normalized spacial score (nSPS) is 11.3. The van der Waals surface area contributed by atoms with Crippen molar-refractivity contribution < 1.29 is 13.2 Å². The van der Waals surface area contributed by atoms with Gasteiger partial charge >= 0.3 is 0 Å². The molecule has 0 fully saturated rings. The first-order valence-corrected chi connectivity index (χ1v) is 11.6. The van der Waals surface area contributed by atoms with Crippen molar-refractivity contribution in [2.45, 2.75) is 32.6 Å². The SMILES string of the molecule is Cc1ccc(S(=O)(=O)N(CC(=O)Nc2c(C)cc(C)cc2C)c2ccccc2Cl)cc1. The van der Waals surface area contributed by atoms with Crippen LogP contribution in [-0.2, 0) is 14.8 Å². The molecule has 0 bridgehead atoms. The fraction of sp³-hybridized carbons (Fsp3) is 0.208. The maximum Gasteiger partial charge on any atom is 0.264 e. The molecule has 162 valence electrons. The first-order valence-electron chi connectivity index (χ1n) is 9.81. The maximum absolute atomic E-state index is 13.5. The Kier molecular flexibility index (Phi) is 6.72. The molecule has 3 aromatic rings. The first kappa shape index (κ1) is 22.8. The number of nitrogens with one attached hydrogen (secondary N) is 1. The van der Waals surface area contributed by atoms with E-state index < -0.39 is 22.5 Å². The number of para-hydroxylation sites is 1. The van der Waals surface area contributed by atoms with E-state index in [9.17, 15) is 13.2 Å². The third kappa shape index (κ3) is 5.09. The van der Waals surface area contributed by atoms with Crippen LogP contribution in [0.2, 0.25) is 5.02 Å². The predicted octanol–water partition coefficient (Wildman–Crippen LogP) is 5.41. The fourth-order valence-corrected chi connectivity index (χ4v) is 5.21. The van der Waals surface area contributed by atoms with Crippen LogP contribution in [0.5, 0.6) is 0 Å². The number of hydrogen-bond donors (Lipinski definition) is 1. The molecule has 0 aliphatic rings. The summed E-state index contributed by atoms with van der Waals surface area (Å²) in [7, 11) is -4.02. The smallest absolute Gasteiger partial charge is 0.264 e. The van der Waals surface area contributed by atoms with Crippen LogP contribution in [0.4, 0.5) is 11.4 Å². The van der Waals surface area contributed by atoms with Crippen molar-refractivity contribution >= 4 is 38.9 Å². The molecule has 0 unspecified atom stereocenters. The summed E-state index contributed by atoms with van der Waals surface area (Å²) in [6.45, 7) is 7.27. The Bertz CT molecular complexity index is 1200. The van der Waals surface area contributed by atoms with E-state index in [1.54, 1.807) is 36.4 Å². The highest BCUT2D eigenvalue weighted by Crippen LogP contribution is 2.31. The second-order valence-electron chi connectivity index (χ2n) is 7.60. The summed E-state index contributed by atoms with van der Waals surface area (Å²) < 4.78 is 27.9. The molecule has 0 atom stereocenters. The van der Waals surface area contributed by atoms with Crippen molar-refractivity contribution in [1.82, 2.24) is 0 Å². The van der Waals surface area contributed by atoms with Crippen molar-refractivity contribution in [2.75, 3.05) is 16.2 Å². The number of benzene rings is 3. The first-order chi connectivity index (χ1) is 14.6. The van der Waals surface area contributed by atoms with Gasteiger partial charge in [0.05, 0.1) is 15.6 Å². The Morgan fingerprint density at radius 1 is 0.903 bits per heavy atom. The highest BCUT2D eigenvalue weighted by molar-refractivity contribution is 7.92. The zero-order valence-electron chi connectivity index (χ0n) is 17.9. The van der Waals surface area contributed by atoms with Gasteiger partial charge in [0, 0.05) is 5.69 Å². The zero-order valence-corrected chi connectivity index (χ0v) is 19.5. The summed E-state index contributed by atoms with van der Waals surface area (Å²) in [5, 5.41) is 3.11. The van der Waals surface area contributed by atoms with Crippen LogP contribution >= 0.6 is 11.6 Å². The fourth-order valence-electron chi connectivity index (χ4n) is 3.48. The molecule has 7 heteroatoms. The maximum atomic E-state index is 13.5. The van der Waals surface area contributed by atoms with Gasteiger partial charge in [0.2, 0.25) is 5.91 Å². The Balaban J connectivity index is 1.99. The van der Waals surface area contributed by atoms with Crippen LogP contribution in [0.1, 0.15) is 22.3 Å². The molecule has 0 spiro atoms. The van der Waals surface area contributed by atoms with Gasteiger partial charge in [-0.3, -0.25) is 9.10 Å². The summed E-state index contributed by atoms with van der Waals surface area (Å²) >= 11 is 6.31. The Morgan fingerprint density at radius 2 is 1.48 bits per heavy atom. The molecule has 0 aliphatic heterocycles. The van der Waals surface area contributed by atoms with Gasteiger partial charge in [0.15, 0.2) is 0 Å². The van der Waals surface area contributed by atoms with Gasteiger partial charge in [-0.1, -0.05) is 59.1 Å². The Hall–Kier alpha value is -2.83. The highest BCUT2D eigenvalue weighted by Gasteiger charge is 2.29.